The summed E-state index contributed by atoms with van der Waals surface area (Å²) in [6.45, 7) is 6.30. The summed E-state index contributed by atoms with van der Waals surface area (Å²) in [5.74, 6) is 2.30. The summed E-state index contributed by atoms with van der Waals surface area (Å²) in [5, 5.41) is 5.62. The van der Waals surface area contributed by atoms with Crippen molar-refractivity contribution < 1.29 is 19.0 Å². The van der Waals surface area contributed by atoms with Gasteiger partial charge in [-0.05, 0) is 31.5 Å². The Hall–Kier alpha value is -3.16. The summed E-state index contributed by atoms with van der Waals surface area (Å²) in [7, 11) is 4.58. The molecule has 2 amide bonds. The zero-order valence-electron chi connectivity index (χ0n) is 17.0. The molecule has 2 N–H and O–H groups in total. The van der Waals surface area contributed by atoms with E-state index in [1.54, 1.807) is 18.3 Å². The lowest BCUT2D eigenvalue weighted by Crippen LogP contribution is -2.28. The van der Waals surface area contributed by atoms with E-state index in [-0.39, 0.29) is 6.03 Å². The number of hydrogen-bond donors (Lipinski definition) is 2. The highest BCUT2D eigenvalue weighted by molar-refractivity contribution is 5.90. The van der Waals surface area contributed by atoms with Gasteiger partial charge >= 0.3 is 6.03 Å². The number of nitrogens with one attached hydrogen (secondary N) is 2. The van der Waals surface area contributed by atoms with Crippen molar-refractivity contribution in [2.75, 3.05) is 44.6 Å². The minimum absolute atomic E-state index is 0.338. The van der Waals surface area contributed by atoms with E-state index in [9.17, 15) is 4.79 Å². The molecule has 1 aromatic heterocycles. The van der Waals surface area contributed by atoms with E-state index in [0.717, 1.165) is 24.5 Å². The minimum Gasteiger partial charge on any atom is -0.493 e. The van der Waals surface area contributed by atoms with Crippen molar-refractivity contribution >= 4 is 17.5 Å². The highest BCUT2D eigenvalue weighted by Crippen LogP contribution is 2.39. The fraction of sp³-hybridized carbons (Fsp3) is 0.400. The zero-order valence-corrected chi connectivity index (χ0v) is 17.0. The number of methoxy groups -OCH3 is 3. The van der Waals surface area contributed by atoms with Crippen LogP contribution < -0.4 is 29.7 Å². The van der Waals surface area contributed by atoms with Gasteiger partial charge in [0.15, 0.2) is 11.5 Å². The van der Waals surface area contributed by atoms with Gasteiger partial charge in [0, 0.05) is 38.0 Å². The van der Waals surface area contributed by atoms with Gasteiger partial charge in [0.1, 0.15) is 5.82 Å². The average molecular weight is 388 g/mol. The molecule has 0 aliphatic rings. The molecule has 0 bridgehead atoms. The van der Waals surface area contributed by atoms with Crippen molar-refractivity contribution in [1.82, 2.24) is 10.3 Å². The Bertz CT molecular complexity index is 769. The van der Waals surface area contributed by atoms with Crippen LogP contribution in [0.2, 0.25) is 0 Å². The molecule has 0 saturated heterocycles. The highest BCUT2D eigenvalue weighted by Gasteiger charge is 2.14. The molecular weight excluding hydrogens is 360 g/mol. The smallest absolute Gasteiger partial charge is 0.319 e. The van der Waals surface area contributed by atoms with Gasteiger partial charge < -0.3 is 29.7 Å². The standard InChI is InChI=1S/C20H28N4O4/c1-6-24(7-2)18-10-14(8-9-21-18)13-22-20(25)23-15-11-16(26-3)19(28-5)17(12-15)27-4/h8-12H,6-7,13H2,1-5H3,(H2,22,23,25). The van der Waals surface area contributed by atoms with E-state index in [1.165, 1.54) is 21.3 Å². The summed E-state index contributed by atoms with van der Waals surface area (Å²) in [6.07, 6.45) is 1.75. The molecule has 0 saturated carbocycles. The van der Waals surface area contributed by atoms with Gasteiger partial charge in [-0.1, -0.05) is 0 Å². The first kappa shape index (κ1) is 21.1. The van der Waals surface area contributed by atoms with Crippen molar-refractivity contribution in [2.45, 2.75) is 20.4 Å². The van der Waals surface area contributed by atoms with E-state index >= 15 is 0 Å². The Balaban J connectivity index is 2.04. The second kappa shape index (κ2) is 10.2. The number of aromatic nitrogens is 1. The first-order valence-electron chi connectivity index (χ1n) is 9.10. The van der Waals surface area contributed by atoms with Gasteiger partial charge in [0.25, 0.3) is 0 Å². The van der Waals surface area contributed by atoms with Crippen molar-refractivity contribution in [2.24, 2.45) is 0 Å². The third kappa shape index (κ3) is 5.18. The van der Waals surface area contributed by atoms with Crippen molar-refractivity contribution in [3.05, 3.63) is 36.0 Å². The van der Waals surface area contributed by atoms with Gasteiger partial charge in [0.2, 0.25) is 5.75 Å². The molecular formula is C20H28N4O4. The summed E-state index contributed by atoms with van der Waals surface area (Å²) in [4.78, 5) is 18.9. The van der Waals surface area contributed by atoms with E-state index in [0.29, 0.717) is 29.5 Å². The molecule has 152 valence electrons. The lowest BCUT2D eigenvalue weighted by Gasteiger charge is -2.20. The maximum absolute atomic E-state index is 12.3. The van der Waals surface area contributed by atoms with Crippen molar-refractivity contribution in [3.8, 4) is 17.2 Å². The molecule has 0 atom stereocenters. The molecule has 0 aliphatic heterocycles. The Morgan fingerprint density at radius 1 is 1.04 bits per heavy atom. The number of carbonyl (C=O) groups excluding carboxylic acids is 1. The van der Waals surface area contributed by atoms with E-state index in [4.69, 9.17) is 14.2 Å². The minimum atomic E-state index is -0.338. The number of ether oxygens (including phenoxy) is 3. The summed E-state index contributed by atoms with van der Waals surface area (Å²) in [6, 6.07) is 6.87. The Labute approximate surface area is 165 Å². The Morgan fingerprint density at radius 2 is 1.68 bits per heavy atom. The van der Waals surface area contributed by atoms with Crippen LogP contribution in [-0.2, 0) is 6.54 Å². The monoisotopic (exact) mass is 388 g/mol. The fourth-order valence-corrected chi connectivity index (χ4v) is 2.80. The lowest BCUT2D eigenvalue weighted by atomic mass is 10.2. The predicted octanol–water partition coefficient (Wildman–Crippen LogP) is 3.28. The van der Waals surface area contributed by atoms with Gasteiger partial charge in [-0.2, -0.15) is 0 Å². The largest absolute Gasteiger partial charge is 0.493 e. The molecule has 28 heavy (non-hydrogen) atoms. The van der Waals surface area contributed by atoms with Crippen LogP contribution in [-0.4, -0.2) is 45.4 Å². The topological polar surface area (TPSA) is 85.0 Å². The number of rotatable bonds is 9. The zero-order chi connectivity index (χ0) is 20.5. The third-order valence-corrected chi connectivity index (χ3v) is 4.27. The number of carbonyl (C=O) groups is 1. The number of benzene rings is 1. The van der Waals surface area contributed by atoms with Gasteiger partial charge in [-0.25, -0.2) is 9.78 Å². The van der Waals surface area contributed by atoms with Gasteiger partial charge in [0.05, 0.1) is 27.0 Å². The van der Waals surface area contributed by atoms with Crippen molar-refractivity contribution in [3.63, 3.8) is 0 Å². The Kier molecular flexibility index (Phi) is 7.74. The second-order valence-electron chi connectivity index (χ2n) is 5.92. The van der Waals surface area contributed by atoms with Crippen molar-refractivity contribution in [1.29, 1.82) is 0 Å². The second-order valence-corrected chi connectivity index (χ2v) is 5.92. The normalized spacial score (nSPS) is 10.2. The molecule has 8 nitrogen and oxygen atoms in total. The molecule has 0 spiro atoms. The van der Waals surface area contributed by atoms with E-state index in [2.05, 4.69) is 34.4 Å². The Morgan fingerprint density at radius 3 is 2.21 bits per heavy atom. The van der Waals surface area contributed by atoms with Crippen LogP contribution >= 0.6 is 0 Å². The molecule has 0 unspecified atom stereocenters. The van der Waals surface area contributed by atoms with Crippen LogP contribution in [0.25, 0.3) is 0 Å². The SMILES string of the molecule is CCN(CC)c1cc(CNC(=O)Nc2cc(OC)c(OC)c(OC)c2)ccn1. The van der Waals surface area contributed by atoms with Crippen LogP contribution in [0.15, 0.2) is 30.5 Å². The van der Waals surface area contributed by atoms with Gasteiger partial charge in [-0.3, -0.25) is 0 Å². The first-order chi connectivity index (χ1) is 13.6. The lowest BCUT2D eigenvalue weighted by molar-refractivity contribution is 0.251. The molecule has 1 aromatic carbocycles. The quantitative estimate of drug-likeness (QED) is 0.686. The highest BCUT2D eigenvalue weighted by atomic mass is 16.5. The van der Waals surface area contributed by atoms with Gasteiger partial charge in [-0.15, -0.1) is 0 Å². The summed E-state index contributed by atoms with van der Waals surface area (Å²) >= 11 is 0. The maximum Gasteiger partial charge on any atom is 0.319 e. The van der Waals surface area contributed by atoms with Crippen LogP contribution in [0.4, 0.5) is 16.3 Å². The van der Waals surface area contributed by atoms with Crippen LogP contribution in [0.5, 0.6) is 17.2 Å². The molecule has 2 rings (SSSR count). The number of hydrogen-bond acceptors (Lipinski definition) is 6. The fourth-order valence-electron chi connectivity index (χ4n) is 2.80. The summed E-state index contributed by atoms with van der Waals surface area (Å²) in [5.41, 5.74) is 1.50. The number of pyridine rings is 1. The van der Waals surface area contributed by atoms with E-state index < -0.39 is 0 Å². The number of nitrogens with zero attached hydrogens (tertiary/aromatic N) is 2. The molecule has 0 radical (unpaired) electrons. The summed E-state index contributed by atoms with van der Waals surface area (Å²) < 4.78 is 15.9. The number of amides is 2. The molecule has 2 aromatic rings. The van der Waals surface area contributed by atoms with Crippen LogP contribution in [0.1, 0.15) is 19.4 Å². The van der Waals surface area contributed by atoms with Crippen LogP contribution in [0, 0.1) is 0 Å². The third-order valence-electron chi connectivity index (χ3n) is 4.27. The molecule has 0 fully saturated rings. The maximum atomic E-state index is 12.3. The molecule has 8 heteroatoms. The molecule has 0 aliphatic carbocycles. The van der Waals surface area contributed by atoms with E-state index in [1.807, 2.05) is 12.1 Å². The molecule has 1 heterocycles. The number of urea groups is 1. The first-order valence-corrected chi connectivity index (χ1v) is 9.10. The predicted molar refractivity (Wildman–Crippen MR) is 110 cm³/mol. The average Bonchev–Trinajstić information content (AvgIpc) is 2.72. The van der Waals surface area contributed by atoms with Crippen LogP contribution in [0.3, 0.4) is 0 Å². The number of anilines is 2.